The van der Waals surface area contributed by atoms with E-state index in [9.17, 15) is 8.42 Å². The third kappa shape index (κ3) is 3.90. The van der Waals surface area contributed by atoms with E-state index in [-0.39, 0.29) is 5.03 Å². The second-order valence-corrected chi connectivity index (χ2v) is 7.33. The molecule has 0 radical (unpaired) electrons. The third-order valence-electron chi connectivity index (χ3n) is 3.02. The average Bonchev–Trinajstić information content (AvgIpc) is 3.05. The highest BCUT2D eigenvalue weighted by Crippen LogP contribution is 2.12. The number of nitrogens with zero attached hydrogens (tertiary/aromatic N) is 3. The van der Waals surface area contributed by atoms with E-state index >= 15 is 0 Å². The van der Waals surface area contributed by atoms with Gasteiger partial charge in [0.05, 0.1) is 16.4 Å². The van der Waals surface area contributed by atoms with Gasteiger partial charge >= 0.3 is 0 Å². The van der Waals surface area contributed by atoms with Crippen LogP contribution in [0.1, 0.15) is 30.2 Å². The highest BCUT2D eigenvalue weighted by molar-refractivity contribution is 7.89. The smallest absolute Gasteiger partial charge is 0.253 e. The fraction of sp³-hybridized carbons (Fsp3) is 0.538. The van der Waals surface area contributed by atoms with Crippen LogP contribution in [0.15, 0.2) is 16.5 Å². The Labute approximate surface area is 129 Å². The average molecular weight is 328 g/mol. The van der Waals surface area contributed by atoms with Crippen molar-refractivity contribution in [2.24, 2.45) is 0 Å². The lowest BCUT2D eigenvalue weighted by atomic mass is 10.3. The minimum atomic E-state index is -3.53. The van der Waals surface area contributed by atoms with Crippen molar-refractivity contribution in [3.63, 3.8) is 0 Å². The molecular weight excluding hydrogens is 308 g/mol. The van der Waals surface area contributed by atoms with Gasteiger partial charge in [-0.1, -0.05) is 6.92 Å². The molecule has 2 aromatic heterocycles. The Bertz CT molecular complexity index is 704. The Morgan fingerprint density at radius 3 is 2.76 bits per heavy atom. The van der Waals surface area contributed by atoms with Gasteiger partial charge in [0, 0.05) is 24.9 Å². The molecule has 0 aromatic carbocycles. The molecular formula is C13H20N4O2S2. The lowest BCUT2D eigenvalue weighted by Crippen LogP contribution is -2.28. The van der Waals surface area contributed by atoms with Gasteiger partial charge in [0.2, 0.25) is 0 Å². The molecule has 8 heteroatoms. The van der Waals surface area contributed by atoms with Crippen LogP contribution in [0.2, 0.25) is 0 Å². The molecule has 0 aliphatic rings. The van der Waals surface area contributed by atoms with Crippen LogP contribution in [-0.2, 0) is 29.4 Å². The van der Waals surface area contributed by atoms with Gasteiger partial charge in [0.15, 0.2) is 5.03 Å². The van der Waals surface area contributed by atoms with E-state index in [2.05, 4.69) is 21.7 Å². The molecule has 2 rings (SSSR count). The Morgan fingerprint density at radius 2 is 2.14 bits per heavy atom. The molecule has 0 aliphatic carbocycles. The van der Waals surface area contributed by atoms with Gasteiger partial charge in [-0.2, -0.15) is 5.10 Å². The largest absolute Gasteiger partial charge is 0.257 e. The Kier molecular flexibility index (Phi) is 5.13. The van der Waals surface area contributed by atoms with Gasteiger partial charge in [0.1, 0.15) is 0 Å². The molecule has 0 saturated carbocycles. The van der Waals surface area contributed by atoms with Crippen molar-refractivity contribution in [3.05, 3.63) is 27.8 Å². The van der Waals surface area contributed by atoms with E-state index in [0.717, 1.165) is 17.1 Å². The third-order valence-corrected chi connectivity index (χ3v) is 5.52. The van der Waals surface area contributed by atoms with Crippen molar-refractivity contribution in [1.82, 2.24) is 19.5 Å². The maximum Gasteiger partial charge on any atom is 0.257 e. The maximum atomic E-state index is 12.3. The number of rotatable bonds is 7. The minimum absolute atomic E-state index is 0.218. The predicted octanol–water partition coefficient (Wildman–Crippen LogP) is 1.75. The van der Waals surface area contributed by atoms with Crippen molar-refractivity contribution in [1.29, 1.82) is 0 Å². The normalized spacial score (nSPS) is 12.0. The molecule has 21 heavy (non-hydrogen) atoms. The number of hydrogen-bond donors (Lipinski definition) is 1. The molecule has 0 fully saturated rings. The second kappa shape index (κ2) is 6.67. The monoisotopic (exact) mass is 328 g/mol. The van der Waals surface area contributed by atoms with Crippen LogP contribution in [0.4, 0.5) is 0 Å². The predicted molar refractivity (Wildman–Crippen MR) is 83.0 cm³/mol. The molecule has 0 amide bonds. The molecule has 2 aromatic rings. The first-order valence-electron chi connectivity index (χ1n) is 6.93. The van der Waals surface area contributed by atoms with Crippen LogP contribution in [0.25, 0.3) is 0 Å². The van der Waals surface area contributed by atoms with Gasteiger partial charge in [-0.05, 0) is 26.3 Å². The van der Waals surface area contributed by atoms with Crippen LogP contribution in [0, 0.1) is 6.92 Å². The number of thiazole rings is 1. The van der Waals surface area contributed by atoms with Gasteiger partial charge in [-0.25, -0.2) is 18.1 Å². The van der Waals surface area contributed by atoms with E-state index in [0.29, 0.717) is 25.2 Å². The van der Waals surface area contributed by atoms with Crippen molar-refractivity contribution in [3.8, 4) is 0 Å². The first kappa shape index (κ1) is 16.1. The second-order valence-electron chi connectivity index (χ2n) is 4.67. The van der Waals surface area contributed by atoms with Gasteiger partial charge < -0.3 is 0 Å². The van der Waals surface area contributed by atoms with Gasteiger partial charge in [-0.3, -0.25) is 4.68 Å². The molecule has 0 saturated heterocycles. The lowest BCUT2D eigenvalue weighted by Gasteiger charge is -2.07. The van der Waals surface area contributed by atoms with E-state index in [1.54, 1.807) is 24.3 Å². The van der Waals surface area contributed by atoms with Crippen molar-refractivity contribution < 1.29 is 8.42 Å². The van der Waals surface area contributed by atoms with Gasteiger partial charge in [-0.15, -0.1) is 11.3 Å². The number of sulfonamides is 1. The summed E-state index contributed by atoms with van der Waals surface area (Å²) in [4.78, 5) is 4.43. The number of hydrogen-bond acceptors (Lipinski definition) is 5. The Balaban J connectivity index is 2.01. The van der Waals surface area contributed by atoms with Gasteiger partial charge in [0.25, 0.3) is 10.0 Å². The summed E-state index contributed by atoms with van der Waals surface area (Å²) in [5, 5.41) is 7.44. The molecule has 1 N–H and O–H groups in total. The zero-order valence-electron chi connectivity index (χ0n) is 12.5. The SMILES string of the molecule is CCc1nc(CCNS(=O)(=O)c2cc(C)nn2CC)cs1. The highest BCUT2D eigenvalue weighted by Gasteiger charge is 2.19. The van der Waals surface area contributed by atoms with E-state index in [4.69, 9.17) is 0 Å². The lowest BCUT2D eigenvalue weighted by molar-refractivity contribution is 0.543. The fourth-order valence-corrected chi connectivity index (χ4v) is 4.05. The molecule has 0 spiro atoms. The topological polar surface area (TPSA) is 76.9 Å². The Morgan fingerprint density at radius 1 is 1.38 bits per heavy atom. The zero-order chi connectivity index (χ0) is 15.5. The van der Waals surface area contributed by atoms with Crippen molar-refractivity contribution in [2.45, 2.75) is 45.2 Å². The maximum absolute atomic E-state index is 12.3. The quantitative estimate of drug-likeness (QED) is 0.840. The minimum Gasteiger partial charge on any atom is -0.253 e. The summed E-state index contributed by atoms with van der Waals surface area (Å²) in [6.45, 7) is 6.57. The van der Waals surface area contributed by atoms with Crippen LogP contribution >= 0.6 is 11.3 Å². The first-order chi connectivity index (χ1) is 9.96. The van der Waals surface area contributed by atoms with E-state index in [1.165, 1.54) is 4.68 Å². The molecule has 0 bridgehead atoms. The Hall–Kier alpha value is -1.25. The van der Waals surface area contributed by atoms with Crippen LogP contribution in [-0.4, -0.2) is 29.7 Å². The van der Waals surface area contributed by atoms with Crippen LogP contribution in [0.3, 0.4) is 0 Å². The molecule has 0 unspecified atom stereocenters. The van der Waals surface area contributed by atoms with E-state index in [1.807, 2.05) is 12.3 Å². The molecule has 2 heterocycles. The summed E-state index contributed by atoms with van der Waals surface area (Å²) in [5.41, 5.74) is 1.63. The van der Waals surface area contributed by atoms with Crippen LogP contribution < -0.4 is 4.72 Å². The molecule has 0 aliphatic heterocycles. The summed E-state index contributed by atoms with van der Waals surface area (Å²) in [6, 6.07) is 1.59. The fourth-order valence-electron chi connectivity index (χ4n) is 1.98. The molecule has 116 valence electrons. The summed E-state index contributed by atoms with van der Waals surface area (Å²) in [7, 11) is -3.53. The first-order valence-corrected chi connectivity index (χ1v) is 9.30. The zero-order valence-corrected chi connectivity index (χ0v) is 14.1. The highest BCUT2D eigenvalue weighted by atomic mass is 32.2. The summed E-state index contributed by atoms with van der Waals surface area (Å²) >= 11 is 1.61. The summed E-state index contributed by atoms with van der Waals surface area (Å²) in [6.07, 6.45) is 1.50. The molecule has 0 atom stereocenters. The number of aryl methyl sites for hydroxylation is 3. The summed E-state index contributed by atoms with van der Waals surface area (Å²) in [5.74, 6) is 0. The standard InChI is InChI=1S/C13H20N4O2S2/c1-4-12-15-11(9-20-12)6-7-14-21(18,19)13-8-10(3)16-17(13)5-2/h8-9,14H,4-7H2,1-3H3. The summed E-state index contributed by atoms with van der Waals surface area (Å²) < 4.78 is 28.7. The molecule has 6 nitrogen and oxygen atoms in total. The van der Waals surface area contributed by atoms with Crippen LogP contribution in [0.5, 0.6) is 0 Å². The van der Waals surface area contributed by atoms with Crippen molar-refractivity contribution >= 4 is 21.4 Å². The number of nitrogens with one attached hydrogen (secondary N) is 1. The van der Waals surface area contributed by atoms with Crippen molar-refractivity contribution in [2.75, 3.05) is 6.54 Å². The van der Waals surface area contributed by atoms with E-state index < -0.39 is 10.0 Å². The number of aromatic nitrogens is 3.